The summed E-state index contributed by atoms with van der Waals surface area (Å²) in [5.41, 5.74) is 0.234. The van der Waals surface area contributed by atoms with E-state index in [1.165, 1.54) is 18.2 Å². The molecule has 2 nitrogen and oxygen atoms in total. The van der Waals surface area contributed by atoms with Gasteiger partial charge in [-0.25, -0.2) is 4.39 Å². The normalized spacial score (nSPS) is 10.9. The Hall–Kier alpha value is -1.35. The molecule has 70 valence electrons. The van der Waals surface area contributed by atoms with Gasteiger partial charge in [0.1, 0.15) is 11.6 Å². The average Bonchev–Trinajstić information content (AvgIpc) is 2.10. The number of likely N-dealkylation sites (N-methyl/N-ethyl adjacent to an activating group) is 1. The molecule has 1 aromatic rings. The lowest BCUT2D eigenvalue weighted by Crippen LogP contribution is -2.03. The number of phenols is 1. The molecule has 0 aromatic heterocycles. The minimum absolute atomic E-state index is 0.0349. The van der Waals surface area contributed by atoms with E-state index in [-0.39, 0.29) is 11.3 Å². The fourth-order valence-electron chi connectivity index (χ4n) is 0.985. The van der Waals surface area contributed by atoms with Gasteiger partial charge in [-0.3, -0.25) is 0 Å². The van der Waals surface area contributed by atoms with Crippen LogP contribution in [-0.4, -0.2) is 18.7 Å². The number of phenolic OH excluding ortho intramolecular Hbond substituents is 1. The molecule has 3 heteroatoms. The highest BCUT2D eigenvalue weighted by Gasteiger charge is 2.02. The maximum absolute atomic E-state index is 13.0. The van der Waals surface area contributed by atoms with Crippen LogP contribution in [0.5, 0.6) is 5.75 Å². The second-order valence-electron chi connectivity index (χ2n) is 2.63. The molecule has 0 saturated carbocycles. The predicted molar refractivity (Wildman–Crippen MR) is 51.0 cm³/mol. The van der Waals surface area contributed by atoms with Crippen LogP contribution in [0.1, 0.15) is 5.56 Å². The zero-order valence-corrected chi connectivity index (χ0v) is 7.42. The van der Waals surface area contributed by atoms with Gasteiger partial charge in [-0.05, 0) is 19.2 Å². The molecule has 0 aliphatic heterocycles. The van der Waals surface area contributed by atoms with Gasteiger partial charge in [0.15, 0.2) is 0 Å². The number of halogens is 1. The number of hydrogen-bond acceptors (Lipinski definition) is 2. The van der Waals surface area contributed by atoms with Crippen LogP contribution in [0.4, 0.5) is 4.39 Å². The van der Waals surface area contributed by atoms with Crippen LogP contribution in [0.15, 0.2) is 24.3 Å². The first kappa shape index (κ1) is 9.74. The summed E-state index contributed by atoms with van der Waals surface area (Å²) in [5, 5.41) is 12.2. The van der Waals surface area contributed by atoms with Crippen LogP contribution >= 0.6 is 0 Å². The van der Waals surface area contributed by atoms with Crippen LogP contribution in [0, 0.1) is 5.82 Å². The third-order valence-electron chi connectivity index (χ3n) is 1.64. The van der Waals surface area contributed by atoms with Crippen molar-refractivity contribution < 1.29 is 9.50 Å². The largest absolute Gasteiger partial charge is 0.507 e. The van der Waals surface area contributed by atoms with Crippen molar-refractivity contribution in [2.24, 2.45) is 0 Å². The van der Waals surface area contributed by atoms with Crippen molar-refractivity contribution in [3.8, 4) is 5.75 Å². The van der Waals surface area contributed by atoms with Gasteiger partial charge in [0.2, 0.25) is 0 Å². The lowest BCUT2D eigenvalue weighted by atomic mass is 10.2. The zero-order valence-electron chi connectivity index (χ0n) is 7.42. The topological polar surface area (TPSA) is 32.3 Å². The number of hydrogen-bond donors (Lipinski definition) is 2. The first-order chi connectivity index (χ1) is 6.25. The van der Waals surface area contributed by atoms with Crippen molar-refractivity contribution in [2.45, 2.75) is 0 Å². The number of nitrogens with one attached hydrogen (secondary N) is 1. The van der Waals surface area contributed by atoms with Crippen molar-refractivity contribution >= 4 is 6.08 Å². The summed E-state index contributed by atoms with van der Waals surface area (Å²) < 4.78 is 13.0. The lowest BCUT2D eigenvalue weighted by Gasteiger charge is -1.99. The Balaban J connectivity index is 2.87. The third-order valence-corrected chi connectivity index (χ3v) is 1.64. The van der Waals surface area contributed by atoms with Crippen LogP contribution in [0.3, 0.4) is 0 Å². The predicted octanol–water partition coefficient (Wildman–Crippen LogP) is 1.76. The first-order valence-corrected chi connectivity index (χ1v) is 4.04. The highest BCUT2D eigenvalue weighted by molar-refractivity contribution is 5.57. The molecular weight excluding hydrogens is 169 g/mol. The summed E-state index contributed by atoms with van der Waals surface area (Å²) in [5.74, 6) is -0.445. The Bertz CT molecular complexity index is 290. The fraction of sp³-hybridized carbons (Fsp3) is 0.200. The van der Waals surface area contributed by atoms with Gasteiger partial charge < -0.3 is 10.4 Å². The molecule has 0 atom stereocenters. The van der Waals surface area contributed by atoms with Crippen molar-refractivity contribution in [2.75, 3.05) is 13.6 Å². The van der Waals surface area contributed by atoms with E-state index in [2.05, 4.69) is 5.32 Å². The smallest absolute Gasteiger partial charge is 0.134 e. The molecule has 0 unspecified atom stereocenters. The van der Waals surface area contributed by atoms with Gasteiger partial charge in [-0.15, -0.1) is 0 Å². The molecule has 0 aliphatic rings. The third kappa shape index (κ3) is 2.56. The Morgan fingerprint density at radius 1 is 1.54 bits per heavy atom. The Kier molecular flexibility index (Phi) is 3.46. The average molecular weight is 181 g/mol. The van der Waals surface area contributed by atoms with Crippen LogP contribution in [0.25, 0.3) is 6.08 Å². The molecule has 13 heavy (non-hydrogen) atoms. The minimum atomic E-state index is -0.410. The molecule has 0 spiro atoms. The van der Waals surface area contributed by atoms with E-state index in [0.717, 1.165) is 0 Å². The Morgan fingerprint density at radius 2 is 2.31 bits per heavy atom. The standard InChI is InChI=1S/C10H12FNO/c1-12-7-3-4-8-9(11)5-2-6-10(8)13/h2-6,12-13H,7H2,1H3. The molecule has 0 heterocycles. The van der Waals surface area contributed by atoms with E-state index >= 15 is 0 Å². The van der Waals surface area contributed by atoms with Gasteiger partial charge in [-0.1, -0.05) is 18.2 Å². The van der Waals surface area contributed by atoms with Crippen LogP contribution in [0.2, 0.25) is 0 Å². The molecule has 0 saturated heterocycles. The summed E-state index contributed by atoms with van der Waals surface area (Å²) >= 11 is 0. The van der Waals surface area contributed by atoms with E-state index < -0.39 is 5.82 Å². The van der Waals surface area contributed by atoms with E-state index in [9.17, 15) is 9.50 Å². The highest BCUT2D eigenvalue weighted by atomic mass is 19.1. The number of rotatable bonds is 3. The fourth-order valence-corrected chi connectivity index (χ4v) is 0.985. The summed E-state index contributed by atoms with van der Waals surface area (Å²) in [6, 6.07) is 4.25. The van der Waals surface area contributed by atoms with Crippen molar-refractivity contribution in [1.82, 2.24) is 5.32 Å². The number of benzene rings is 1. The quantitative estimate of drug-likeness (QED) is 0.744. The molecule has 0 bridgehead atoms. The SMILES string of the molecule is CNCC=Cc1c(O)cccc1F. The summed E-state index contributed by atoms with van der Waals surface area (Å²) in [6.07, 6.45) is 3.30. The monoisotopic (exact) mass is 181 g/mol. The molecule has 0 amide bonds. The summed E-state index contributed by atoms with van der Waals surface area (Å²) in [4.78, 5) is 0. The molecule has 0 radical (unpaired) electrons. The van der Waals surface area contributed by atoms with E-state index in [1.54, 1.807) is 19.2 Å². The van der Waals surface area contributed by atoms with Crippen LogP contribution in [-0.2, 0) is 0 Å². The first-order valence-electron chi connectivity index (χ1n) is 4.04. The van der Waals surface area contributed by atoms with Gasteiger partial charge in [-0.2, -0.15) is 0 Å². The Morgan fingerprint density at radius 3 is 2.92 bits per heavy atom. The maximum atomic E-state index is 13.0. The molecule has 1 rings (SSSR count). The molecular formula is C10H12FNO. The second-order valence-corrected chi connectivity index (χ2v) is 2.63. The van der Waals surface area contributed by atoms with Gasteiger partial charge in [0, 0.05) is 6.54 Å². The molecule has 1 aromatic carbocycles. The van der Waals surface area contributed by atoms with Gasteiger partial charge in [0.05, 0.1) is 5.56 Å². The van der Waals surface area contributed by atoms with E-state index in [4.69, 9.17) is 0 Å². The summed E-state index contributed by atoms with van der Waals surface area (Å²) in [7, 11) is 1.80. The van der Waals surface area contributed by atoms with Crippen molar-refractivity contribution in [3.63, 3.8) is 0 Å². The van der Waals surface area contributed by atoms with Gasteiger partial charge >= 0.3 is 0 Å². The maximum Gasteiger partial charge on any atom is 0.134 e. The molecule has 0 aliphatic carbocycles. The highest BCUT2D eigenvalue weighted by Crippen LogP contribution is 2.20. The summed E-state index contributed by atoms with van der Waals surface area (Å²) in [6.45, 7) is 0.647. The van der Waals surface area contributed by atoms with Crippen LogP contribution < -0.4 is 5.32 Å². The second kappa shape index (κ2) is 4.62. The van der Waals surface area contributed by atoms with E-state index in [0.29, 0.717) is 6.54 Å². The number of aromatic hydroxyl groups is 1. The lowest BCUT2D eigenvalue weighted by molar-refractivity contribution is 0.467. The molecule has 2 N–H and O–H groups in total. The Labute approximate surface area is 76.7 Å². The zero-order chi connectivity index (χ0) is 9.68. The van der Waals surface area contributed by atoms with Crippen molar-refractivity contribution in [3.05, 3.63) is 35.7 Å². The molecule has 0 fully saturated rings. The van der Waals surface area contributed by atoms with E-state index in [1.807, 2.05) is 0 Å². The van der Waals surface area contributed by atoms with Crippen molar-refractivity contribution in [1.29, 1.82) is 0 Å². The van der Waals surface area contributed by atoms with Gasteiger partial charge in [0.25, 0.3) is 0 Å². The minimum Gasteiger partial charge on any atom is -0.507 e.